The molecular formula is C23H30N2O4S. The fourth-order valence-corrected chi connectivity index (χ4v) is 4.89. The first-order valence-electron chi connectivity index (χ1n) is 10.3. The number of hydrogen-bond acceptors (Lipinski definition) is 4. The van der Waals surface area contributed by atoms with Crippen LogP contribution >= 0.6 is 0 Å². The molecule has 3 rings (SSSR count). The number of hydrogen-bond donors (Lipinski definition) is 2. The summed E-state index contributed by atoms with van der Waals surface area (Å²) in [6.45, 7) is 8.32. The smallest absolute Gasteiger partial charge is 0.255 e. The number of para-hydroxylation sites is 1. The summed E-state index contributed by atoms with van der Waals surface area (Å²) in [5.74, 6) is 0.322. The minimum atomic E-state index is -3.77. The summed E-state index contributed by atoms with van der Waals surface area (Å²) in [5.41, 5.74) is 3.15. The van der Waals surface area contributed by atoms with E-state index in [0.717, 1.165) is 29.7 Å². The van der Waals surface area contributed by atoms with Crippen LogP contribution in [-0.4, -0.2) is 27.5 Å². The third-order valence-corrected chi connectivity index (χ3v) is 6.77. The number of anilines is 1. The Labute approximate surface area is 179 Å². The summed E-state index contributed by atoms with van der Waals surface area (Å²) >= 11 is 0. The van der Waals surface area contributed by atoms with E-state index in [1.807, 2.05) is 18.2 Å². The molecule has 30 heavy (non-hydrogen) atoms. The van der Waals surface area contributed by atoms with E-state index in [1.54, 1.807) is 6.07 Å². The first-order valence-corrected chi connectivity index (χ1v) is 11.8. The van der Waals surface area contributed by atoms with E-state index in [9.17, 15) is 13.2 Å². The molecule has 1 amide bonds. The van der Waals surface area contributed by atoms with Crippen molar-refractivity contribution in [2.45, 2.75) is 63.3 Å². The van der Waals surface area contributed by atoms with Gasteiger partial charge in [-0.25, -0.2) is 13.1 Å². The molecule has 1 saturated carbocycles. The van der Waals surface area contributed by atoms with Crippen molar-refractivity contribution in [2.75, 3.05) is 12.4 Å². The lowest BCUT2D eigenvalue weighted by atomic mass is 9.92. The van der Waals surface area contributed by atoms with Crippen LogP contribution in [0.1, 0.15) is 73.9 Å². The first-order chi connectivity index (χ1) is 14.1. The number of ether oxygens (including phenoxy) is 1. The van der Waals surface area contributed by atoms with Crippen LogP contribution in [0.5, 0.6) is 5.75 Å². The Morgan fingerprint density at radius 2 is 1.63 bits per heavy atom. The monoisotopic (exact) mass is 430 g/mol. The second-order valence-electron chi connectivity index (χ2n) is 8.34. The second kappa shape index (κ2) is 8.78. The average molecular weight is 431 g/mol. The number of methoxy groups -OCH3 is 1. The summed E-state index contributed by atoms with van der Waals surface area (Å²) in [4.78, 5) is 13.1. The van der Waals surface area contributed by atoms with Gasteiger partial charge in [0.25, 0.3) is 5.91 Å². The van der Waals surface area contributed by atoms with Gasteiger partial charge in [0.2, 0.25) is 10.0 Å². The van der Waals surface area contributed by atoms with Gasteiger partial charge in [0, 0.05) is 17.3 Å². The first kappa shape index (κ1) is 22.3. The van der Waals surface area contributed by atoms with Gasteiger partial charge >= 0.3 is 0 Å². The largest absolute Gasteiger partial charge is 0.495 e. The van der Waals surface area contributed by atoms with Gasteiger partial charge in [-0.3, -0.25) is 4.79 Å². The Balaban J connectivity index is 1.98. The predicted octanol–water partition coefficient (Wildman–Crippen LogP) is 4.64. The zero-order valence-corrected chi connectivity index (χ0v) is 19.0. The standard InChI is InChI=1S/C23H30N2O4S/c1-14(2)18-7-6-8-19(15(3)4)22(18)24-23(26)16-9-12-20(29-5)21(13-16)30(27,28)25-17-10-11-17/h6-9,12-15,17,25H,10-11H2,1-5H3,(H,24,26). The molecule has 0 saturated heterocycles. The molecule has 7 heteroatoms. The average Bonchev–Trinajstić information content (AvgIpc) is 3.50. The zero-order chi connectivity index (χ0) is 22.1. The van der Waals surface area contributed by atoms with E-state index in [-0.39, 0.29) is 40.0 Å². The summed E-state index contributed by atoms with van der Waals surface area (Å²) in [6.07, 6.45) is 1.65. The van der Waals surface area contributed by atoms with Gasteiger partial charge in [-0.2, -0.15) is 0 Å². The second-order valence-corrected chi connectivity index (χ2v) is 10.0. The van der Waals surface area contributed by atoms with Crippen molar-refractivity contribution in [2.24, 2.45) is 0 Å². The van der Waals surface area contributed by atoms with E-state index >= 15 is 0 Å². The van der Waals surface area contributed by atoms with E-state index in [0.29, 0.717) is 0 Å². The Morgan fingerprint density at radius 1 is 1.03 bits per heavy atom. The summed E-state index contributed by atoms with van der Waals surface area (Å²) in [7, 11) is -2.35. The molecule has 1 aliphatic carbocycles. The quantitative estimate of drug-likeness (QED) is 0.639. The lowest BCUT2D eigenvalue weighted by Crippen LogP contribution is -2.26. The highest BCUT2D eigenvalue weighted by molar-refractivity contribution is 7.89. The van der Waals surface area contributed by atoms with Gasteiger partial charge in [-0.05, 0) is 54.0 Å². The van der Waals surface area contributed by atoms with Crippen LogP contribution in [0.15, 0.2) is 41.3 Å². The maximum atomic E-state index is 13.1. The third-order valence-electron chi connectivity index (χ3n) is 5.23. The lowest BCUT2D eigenvalue weighted by Gasteiger charge is -2.20. The summed E-state index contributed by atoms with van der Waals surface area (Å²) in [5, 5.41) is 3.03. The molecule has 0 atom stereocenters. The molecule has 0 heterocycles. The van der Waals surface area contributed by atoms with Crippen molar-refractivity contribution in [1.82, 2.24) is 4.72 Å². The molecule has 0 bridgehead atoms. The molecule has 0 spiro atoms. The van der Waals surface area contributed by atoms with Crippen LogP contribution < -0.4 is 14.8 Å². The molecule has 2 aromatic carbocycles. The maximum absolute atomic E-state index is 13.1. The summed E-state index contributed by atoms with van der Waals surface area (Å²) in [6, 6.07) is 10.5. The molecule has 1 aliphatic rings. The zero-order valence-electron chi connectivity index (χ0n) is 18.2. The molecule has 2 N–H and O–H groups in total. The minimum absolute atomic E-state index is 0.0224. The Morgan fingerprint density at radius 3 is 2.13 bits per heavy atom. The van der Waals surface area contributed by atoms with E-state index in [2.05, 4.69) is 37.7 Å². The Kier molecular flexibility index (Phi) is 6.53. The SMILES string of the molecule is COc1ccc(C(=O)Nc2c(C(C)C)cccc2C(C)C)cc1S(=O)(=O)NC1CC1. The number of amides is 1. The van der Waals surface area contributed by atoms with Gasteiger partial charge in [0.1, 0.15) is 10.6 Å². The molecule has 0 aromatic heterocycles. The van der Waals surface area contributed by atoms with Gasteiger partial charge in [0.05, 0.1) is 7.11 Å². The van der Waals surface area contributed by atoms with Crippen molar-refractivity contribution >= 4 is 21.6 Å². The molecule has 2 aromatic rings. The number of benzene rings is 2. The van der Waals surface area contributed by atoms with Crippen LogP contribution in [0.4, 0.5) is 5.69 Å². The predicted molar refractivity (Wildman–Crippen MR) is 119 cm³/mol. The van der Waals surface area contributed by atoms with E-state index in [1.165, 1.54) is 19.2 Å². The van der Waals surface area contributed by atoms with Crippen LogP contribution in [-0.2, 0) is 10.0 Å². The molecule has 0 unspecified atom stereocenters. The van der Waals surface area contributed by atoms with Gasteiger partial charge < -0.3 is 10.1 Å². The van der Waals surface area contributed by atoms with Crippen LogP contribution in [0.3, 0.4) is 0 Å². The normalized spacial score (nSPS) is 14.2. The van der Waals surface area contributed by atoms with E-state index in [4.69, 9.17) is 4.74 Å². The molecule has 0 aliphatic heterocycles. The third kappa shape index (κ3) is 4.84. The number of sulfonamides is 1. The lowest BCUT2D eigenvalue weighted by molar-refractivity contribution is 0.102. The van der Waals surface area contributed by atoms with Crippen molar-refractivity contribution in [3.63, 3.8) is 0 Å². The molecule has 0 radical (unpaired) electrons. The minimum Gasteiger partial charge on any atom is -0.495 e. The van der Waals surface area contributed by atoms with Crippen molar-refractivity contribution in [1.29, 1.82) is 0 Å². The molecular weight excluding hydrogens is 400 g/mol. The number of nitrogens with one attached hydrogen (secondary N) is 2. The highest BCUT2D eigenvalue weighted by Gasteiger charge is 2.30. The molecule has 1 fully saturated rings. The van der Waals surface area contributed by atoms with Crippen LogP contribution in [0, 0.1) is 0 Å². The van der Waals surface area contributed by atoms with Crippen molar-refractivity contribution in [3.05, 3.63) is 53.1 Å². The highest BCUT2D eigenvalue weighted by Crippen LogP contribution is 2.33. The van der Waals surface area contributed by atoms with Gasteiger partial charge in [-0.15, -0.1) is 0 Å². The topological polar surface area (TPSA) is 84.5 Å². The van der Waals surface area contributed by atoms with Crippen molar-refractivity contribution < 1.29 is 17.9 Å². The Hall–Kier alpha value is -2.38. The van der Waals surface area contributed by atoms with E-state index < -0.39 is 10.0 Å². The number of carbonyl (C=O) groups is 1. The van der Waals surface area contributed by atoms with Crippen LogP contribution in [0.25, 0.3) is 0 Å². The fourth-order valence-electron chi connectivity index (χ4n) is 3.39. The maximum Gasteiger partial charge on any atom is 0.255 e. The van der Waals surface area contributed by atoms with Crippen LogP contribution in [0.2, 0.25) is 0 Å². The Bertz CT molecular complexity index is 1010. The number of carbonyl (C=O) groups excluding carboxylic acids is 1. The fraction of sp³-hybridized carbons (Fsp3) is 0.435. The summed E-state index contributed by atoms with van der Waals surface area (Å²) < 4.78 is 33.4. The number of rotatable bonds is 8. The highest BCUT2D eigenvalue weighted by atomic mass is 32.2. The van der Waals surface area contributed by atoms with Gasteiger partial charge in [-0.1, -0.05) is 45.9 Å². The molecule has 162 valence electrons. The van der Waals surface area contributed by atoms with Gasteiger partial charge in [0.15, 0.2) is 0 Å². The molecule has 6 nitrogen and oxygen atoms in total. The van der Waals surface area contributed by atoms with Crippen molar-refractivity contribution in [3.8, 4) is 5.75 Å².